The standard InChI is InChI=1S/C50H85N3O36/c1-13-25(63)30(68)33(71)47(77-13)84-38-20(8-57)81-44(23(29(38)67)52-15(3)61)88-42-27(65)19(7-56)80-50(37(42)75)86-40-22(10-59)82-45(24(53-16(4)62)41(40)87-48-34(72)31(69)26(64)14(2)78-48)89-43-28(66)18(6-55)79-49(36(43)74)85-39-21(9-58)83-46(35(73)32(39)70)76-11-17(5-54)51-12-60/h12-14,17-50,54-59,63-75H,5-11H2,1-4H3,(H,51,60)(H,52,61)(H,53,62)/t13-,14-,17+,18+,19+,20+,21+,22+,23+,24+,25+,26+,27-,28-,29+,30+,31+,32+,33-,34-,35+,36+,37+,38+,39+,40+,41+,42-,43-,44-,45-,46+,47-,48-,49-,50-/m0/s1. The van der Waals surface area contributed by atoms with Gasteiger partial charge in [0.15, 0.2) is 44.0 Å². The third-order valence-electron chi connectivity index (χ3n) is 16.2. The van der Waals surface area contributed by atoms with E-state index in [0.717, 1.165) is 13.8 Å². The summed E-state index contributed by atoms with van der Waals surface area (Å²) in [5.74, 6) is -1.78. The highest BCUT2D eigenvalue weighted by Crippen LogP contribution is 2.39. The van der Waals surface area contributed by atoms with Gasteiger partial charge in [-0.15, -0.1) is 0 Å². The Balaban J connectivity index is 1.18. The molecule has 0 aromatic carbocycles. The minimum absolute atomic E-state index is 0.265. The summed E-state index contributed by atoms with van der Waals surface area (Å²) in [5.41, 5.74) is 0. The molecule has 39 heteroatoms. The predicted octanol–water partition coefficient (Wildman–Crippen LogP) is -14.8. The zero-order valence-corrected chi connectivity index (χ0v) is 48.2. The first-order chi connectivity index (χ1) is 42.2. The number of aliphatic hydroxyl groups is 19. The molecule has 0 aromatic rings. The van der Waals surface area contributed by atoms with E-state index < -0.39 is 279 Å². The van der Waals surface area contributed by atoms with Gasteiger partial charge in [0.2, 0.25) is 18.2 Å². The number of rotatable bonds is 25. The molecular weight excluding hydrogens is 1220 g/mol. The minimum atomic E-state index is -2.32. The molecule has 0 unspecified atom stereocenters. The number of carbonyl (C=O) groups excluding carboxylic acids is 3. The predicted molar refractivity (Wildman–Crippen MR) is 276 cm³/mol. The summed E-state index contributed by atoms with van der Waals surface area (Å²) in [7, 11) is 0. The second kappa shape index (κ2) is 32.5. The molecular formula is C50H85N3O36. The molecule has 516 valence electrons. The normalized spacial score (nSPS) is 48.5. The Bertz CT molecular complexity index is 2210. The fourth-order valence-corrected chi connectivity index (χ4v) is 11.3. The van der Waals surface area contributed by atoms with Crippen molar-refractivity contribution in [2.45, 2.75) is 249 Å². The molecule has 3 amide bonds. The largest absolute Gasteiger partial charge is 0.394 e. The van der Waals surface area contributed by atoms with E-state index in [4.69, 9.17) is 66.3 Å². The monoisotopic (exact) mass is 1300 g/mol. The van der Waals surface area contributed by atoms with E-state index >= 15 is 0 Å². The summed E-state index contributed by atoms with van der Waals surface area (Å²) in [6.45, 7) is -1.79. The van der Waals surface area contributed by atoms with Gasteiger partial charge in [0.25, 0.3) is 0 Å². The molecule has 7 rings (SSSR count). The lowest BCUT2D eigenvalue weighted by atomic mass is 9.93. The number of aliphatic hydroxyl groups excluding tert-OH is 19. The maximum Gasteiger partial charge on any atom is 0.217 e. The van der Waals surface area contributed by atoms with Crippen molar-refractivity contribution in [3.63, 3.8) is 0 Å². The van der Waals surface area contributed by atoms with Crippen LogP contribution in [0.2, 0.25) is 0 Å². The van der Waals surface area contributed by atoms with Gasteiger partial charge in [-0.1, -0.05) is 0 Å². The van der Waals surface area contributed by atoms with Crippen molar-refractivity contribution >= 4 is 18.2 Å². The van der Waals surface area contributed by atoms with Crippen molar-refractivity contribution in [3.8, 4) is 0 Å². The van der Waals surface area contributed by atoms with Crippen LogP contribution in [0.1, 0.15) is 27.7 Å². The summed E-state index contributed by atoms with van der Waals surface area (Å²) >= 11 is 0. The van der Waals surface area contributed by atoms with Gasteiger partial charge < -0.3 is 179 Å². The van der Waals surface area contributed by atoms with Crippen molar-refractivity contribution in [2.75, 3.05) is 46.2 Å². The highest BCUT2D eigenvalue weighted by molar-refractivity contribution is 5.73. The average molecular weight is 1300 g/mol. The van der Waals surface area contributed by atoms with Crippen LogP contribution >= 0.6 is 0 Å². The molecule has 22 N–H and O–H groups in total. The molecule has 7 fully saturated rings. The van der Waals surface area contributed by atoms with Crippen LogP contribution in [0.4, 0.5) is 0 Å². The molecule has 0 aromatic heterocycles. The topological polar surface area (TPSA) is 601 Å². The van der Waals surface area contributed by atoms with Gasteiger partial charge >= 0.3 is 0 Å². The second-order valence-electron chi connectivity index (χ2n) is 22.5. The van der Waals surface area contributed by atoms with Gasteiger partial charge in [0.1, 0.15) is 159 Å². The zero-order valence-electron chi connectivity index (χ0n) is 48.2. The molecule has 0 radical (unpaired) electrons. The first kappa shape index (κ1) is 73.5. The van der Waals surface area contributed by atoms with E-state index in [1.54, 1.807) is 0 Å². The van der Waals surface area contributed by atoms with Gasteiger partial charge in [-0.2, -0.15) is 0 Å². The summed E-state index contributed by atoms with van der Waals surface area (Å²) < 4.78 is 82.3. The first-order valence-electron chi connectivity index (χ1n) is 28.6. The fourth-order valence-electron chi connectivity index (χ4n) is 11.3. The van der Waals surface area contributed by atoms with Crippen LogP contribution in [0.3, 0.4) is 0 Å². The Morgan fingerprint density at radius 1 is 0.382 bits per heavy atom. The molecule has 0 bridgehead atoms. The zero-order chi connectivity index (χ0) is 65.6. The van der Waals surface area contributed by atoms with Crippen LogP contribution in [-0.4, -0.2) is 382 Å². The molecule has 7 aliphatic rings. The number of ether oxygens (including phenoxy) is 14. The molecule has 36 atom stereocenters. The van der Waals surface area contributed by atoms with E-state index in [2.05, 4.69) is 16.0 Å². The van der Waals surface area contributed by atoms with Crippen molar-refractivity contribution in [3.05, 3.63) is 0 Å². The molecule has 7 saturated heterocycles. The number of carbonyl (C=O) groups is 3. The lowest BCUT2D eigenvalue weighted by Crippen LogP contribution is -2.71. The quantitative estimate of drug-likeness (QED) is 0.0377. The van der Waals surface area contributed by atoms with E-state index in [0.29, 0.717) is 0 Å². The molecule has 39 nitrogen and oxygen atoms in total. The third kappa shape index (κ3) is 16.4. The highest BCUT2D eigenvalue weighted by Gasteiger charge is 2.60. The van der Waals surface area contributed by atoms with Crippen LogP contribution in [-0.2, 0) is 80.7 Å². The Morgan fingerprint density at radius 3 is 1.16 bits per heavy atom. The van der Waals surface area contributed by atoms with E-state index in [-0.39, 0.29) is 6.41 Å². The number of hydrogen-bond donors (Lipinski definition) is 22. The average Bonchev–Trinajstić information content (AvgIpc) is 1.28. The fraction of sp³-hybridized carbons (Fsp3) is 0.940. The lowest BCUT2D eigenvalue weighted by Gasteiger charge is -2.52. The van der Waals surface area contributed by atoms with E-state index in [9.17, 15) is 111 Å². The minimum Gasteiger partial charge on any atom is -0.394 e. The molecule has 0 saturated carbocycles. The van der Waals surface area contributed by atoms with Gasteiger partial charge in [-0.05, 0) is 13.8 Å². The summed E-state index contributed by atoms with van der Waals surface area (Å²) in [4.78, 5) is 36.9. The SMILES string of the molecule is CC(=O)N[C@H]1[C@H](O[C@H]2[C@@H](O)[C@@H](CO)O[C@@H](O[C@H]3[C@H](O[C@@H]4O[C@@H](C)[C@@H](O)[C@@H](O)[C@@H]4O)[C@@H](NC(C)=O)[C@H](O[C@H]4[C@@H](O)[C@@H](CO)O[C@@H](O[C@H]5[C@H](O)[C@@H](O)[C@H](OC[C@@H](CO)NC=O)O[C@@H]5CO)[C@@H]4O)O[C@@H]3CO)[C@@H]2O)O[C@H](CO)[C@@H](O[C@@H]2O[C@@H](C)[C@@H](O)[C@@H](O)[C@@H]2O)[C@@H]1O. The molecule has 7 aliphatic heterocycles. The van der Waals surface area contributed by atoms with Crippen molar-refractivity contribution in [1.29, 1.82) is 0 Å². The van der Waals surface area contributed by atoms with Crippen LogP contribution in [0, 0.1) is 0 Å². The van der Waals surface area contributed by atoms with Crippen LogP contribution in [0.25, 0.3) is 0 Å². The smallest absolute Gasteiger partial charge is 0.217 e. The summed E-state index contributed by atoms with van der Waals surface area (Å²) in [6.07, 6.45) is -62.7. The Kier molecular flexibility index (Phi) is 26.8. The van der Waals surface area contributed by atoms with Crippen molar-refractivity contribution in [1.82, 2.24) is 16.0 Å². The maximum atomic E-state index is 13.3. The molecule has 7 heterocycles. The number of hydrogen-bond acceptors (Lipinski definition) is 36. The van der Waals surface area contributed by atoms with E-state index in [1.165, 1.54) is 13.8 Å². The molecule has 89 heavy (non-hydrogen) atoms. The Labute approximate surface area is 505 Å². The van der Waals surface area contributed by atoms with Crippen molar-refractivity contribution in [2.24, 2.45) is 0 Å². The highest BCUT2D eigenvalue weighted by atomic mass is 16.8. The Morgan fingerprint density at radius 2 is 0.730 bits per heavy atom. The van der Waals surface area contributed by atoms with Crippen LogP contribution < -0.4 is 16.0 Å². The molecule has 0 spiro atoms. The van der Waals surface area contributed by atoms with Gasteiger partial charge in [0, 0.05) is 13.8 Å². The molecule has 0 aliphatic carbocycles. The van der Waals surface area contributed by atoms with Gasteiger partial charge in [-0.25, -0.2) is 0 Å². The second-order valence-corrected chi connectivity index (χ2v) is 22.5. The Hall–Kier alpha value is -2.91. The van der Waals surface area contributed by atoms with Crippen LogP contribution in [0.5, 0.6) is 0 Å². The number of nitrogens with one attached hydrogen (secondary N) is 3. The van der Waals surface area contributed by atoms with Gasteiger partial charge in [-0.3, -0.25) is 14.4 Å². The third-order valence-corrected chi connectivity index (χ3v) is 16.2. The maximum absolute atomic E-state index is 13.3. The summed E-state index contributed by atoms with van der Waals surface area (Å²) in [5, 5.41) is 215. The van der Waals surface area contributed by atoms with E-state index in [1.807, 2.05) is 0 Å². The van der Waals surface area contributed by atoms with Crippen molar-refractivity contribution < 1.29 is 178 Å². The lowest BCUT2D eigenvalue weighted by molar-refractivity contribution is -0.397. The summed E-state index contributed by atoms with van der Waals surface area (Å²) in [6, 6.07) is -4.69. The first-order valence-corrected chi connectivity index (χ1v) is 28.6. The number of amides is 3. The van der Waals surface area contributed by atoms with Crippen LogP contribution in [0.15, 0.2) is 0 Å². The van der Waals surface area contributed by atoms with Gasteiger partial charge in [0.05, 0.1) is 64.5 Å².